The van der Waals surface area contributed by atoms with Crippen LogP contribution in [0.15, 0.2) is 48.5 Å². The van der Waals surface area contributed by atoms with Gasteiger partial charge >= 0.3 is 18.1 Å². The van der Waals surface area contributed by atoms with Crippen LogP contribution >= 0.6 is 0 Å². The maximum atomic E-state index is 14.0. The van der Waals surface area contributed by atoms with Crippen molar-refractivity contribution in [3.8, 4) is 0 Å². The minimum absolute atomic E-state index is 0.0756. The highest BCUT2D eigenvalue weighted by Crippen LogP contribution is 2.52. The van der Waals surface area contributed by atoms with Gasteiger partial charge in [0.15, 0.2) is 0 Å². The fraction of sp³-hybridized carbons (Fsp3) is 0.484. The number of carboxylic acids is 2. The molecule has 1 saturated heterocycles. The van der Waals surface area contributed by atoms with Crippen LogP contribution < -0.4 is 11.5 Å². The van der Waals surface area contributed by atoms with Crippen molar-refractivity contribution in [2.24, 2.45) is 23.3 Å². The molecule has 0 bridgehead atoms. The lowest BCUT2D eigenvalue weighted by Gasteiger charge is -2.40. The SMILES string of the molecule is Cc1cccc(C(=O)O)c1C1CN(C(=O)C2CCC(C(C)N)CC2)[C@](C)(C(N)=O)[C@@H]1c1ccccc1.O=C(O)C(F)(F)F. The number of carbonyl (C=O) groups is 4. The number of carboxylic acid groups (broad SMARTS) is 2. The molecule has 1 heterocycles. The summed E-state index contributed by atoms with van der Waals surface area (Å²) >= 11 is 0. The molecule has 2 aliphatic rings. The van der Waals surface area contributed by atoms with Gasteiger partial charge in [0.25, 0.3) is 0 Å². The number of likely N-dealkylation sites (tertiary alicyclic amines) is 1. The third-order valence-corrected chi connectivity index (χ3v) is 8.90. The third kappa shape index (κ3) is 7.01. The van der Waals surface area contributed by atoms with Crippen molar-refractivity contribution in [1.29, 1.82) is 0 Å². The molecule has 4 atom stereocenters. The van der Waals surface area contributed by atoms with E-state index < -0.39 is 41.4 Å². The van der Waals surface area contributed by atoms with Gasteiger partial charge in [-0.05, 0) is 75.1 Å². The first-order valence-electron chi connectivity index (χ1n) is 14.1. The number of hydrogen-bond acceptors (Lipinski definition) is 5. The van der Waals surface area contributed by atoms with E-state index in [4.69, 9.17) is 21.4 Å². The number of aliphatic carboxylic acids is 1. The van der Waals surface area contributed by atoms with Gasteiger partial charge in [-0.25, -0.2) is 9.59 Å². The topological polar surface area (TPSA) is 164 Å². The van der Waals surface area contributed by atoms with Crippen LogP contribution in [0.25, 0.3) is 0 Å². The number of halogens is 3. The zero-order valence-corrected chi connectivity index (χ0v) is 24.3. The molecule has 0 radical (unpaired) electrons. The maximum absolute atomic E-state index is 14.0. The lowest BCUT2D eigenvalue weighted by atomic mass is 9.71. The smallest absolute Gasteiger partial charge is 0.478 e. The van der Waals surface area contributed by atoms with Crippen molar-refractivity contribution in [2.75, 3.05) is 6.54 Å². The number of carbonyl (C=O) groups excluding carboxylic acids is 2. The second-order valence-corrected chi connectivity index (χ2v) is 11.6. The number of nitrogens with zero attached hydrogens (tertiary/aromatic N) is 1. The maximum Gasteiger partial charge on any atom is 0.490 e. The van der Waals surface area contributed by atoms with Crippen molar-refractivity contribution >= 4 is 23.8 Å². The molecular formula is C31H38F3N3O6. The van der Waals surface area contributed by atoms with E-state index in [2.05, 4.69) is 0 Å². The molecule has 4 rings (SSSR count). The molecule has 1 aliphatic heterocycles. The molecule has 12 heteroatoms. The molecule has 43 heavy (non-hydrogen) atoms. The molecule has 2 aromatic rings. The van der Waals surface area contributed by atoms with E-state index in [0.717, 1.165) is 36.8 Å². The van der Waals surface area contributed by atoms with E-state index in [1.807, 2.05) is 50.2 Å². The van der Waals surface area contributed by atoms with Gasteiger partial charge in [0.2, 0.25) is 11.8 Å². The number of benzene rings is 2. The number of hydrogen-bond donors (Lipinski definition) is 4. The molecule has 2 unspecified atom stereocenters. The lowest BCUT2D eigenvalue weighted by Crippen LogP contribution is -2.58. The van der Waals surface area contributed by atoms with Crippen LogP contribution in [0, 0.1) is 18.8 Å². The van der Waals surface area contributed by atoms with E-state index in [-0.39, 0.29) is 30.0 Å². The fourth-order valence-electron chi connectivity index (χ4n) is 6.60. The third-order valence-electron chi connectivity index (χ3n) is 8.90. The van der Waals surface area contributed by atoms with Gasteiger partial charge in [0, 0.05) is 30.3 Å². The molecule has 1 saturated carbocycles. The van der Waals surface area contributed by atoms with Crippen LogP contribution in [-0.4, -0.2) is 63.2 Å². The summed E-state index contributed by atoms with van der Waals surface area (Å²) in [7, 11) is 0. The lowest BCUT2D eigenvalue weighted by molar-refractivity contribution is -0.192. The van der Waals surface area contributed by atoms with Gasteiger partial charge < -0.3 is 26.6 Å². The number of nitrogens with two attached hydrogens (primary N) is 2. The van der Waals surface area contributed by atoms with Gasteiger partial charge in [0.1, 0.15) is 5.54 Å². The molecule has 234 valence electrons. The molecule has 2 amide bonds. The molecule has 2 aromatic carbocycles. The first-order chi connectivity index (χ1) is 20.0. The second kappa shape index (κ2) is 13.2. The van der Waals surface area contributed by atoms with Crippen LogP contribution in [0.4, 0.5) is 13.2 Å². The zero-order valence-electron chi connectivity index (χ0n) is 24.3. The predicted octanol–water partition coefficient (Wildman–Crippen LogP) is 4.43. The number of aryl methyl sites for hydroxylation is 1. The Hall–Kier alpha value is -3.93. The van der Waals surface area contributed by atoms with Crippen molar-refractivity contribution in [3.63, 3.8) is 0 Å². The highest BCUT2D eigenvalue weighted by atomic mass is 19.4. The number of primary amides is 1. The monoisotopic (exact) mass is 605 g/mol. The van der Waals surface area contributed by atoms with Crippen LogP contribution in [0.1, 0.15) is 78.4 Å². The Kier molecular flexibility index (Phi) is 10.3. The minimum atomic E-state index is -5.08. The molecule has 2 fully saturated rings. The van der Waals surface area contributed by atoms with E-state index in [1.165, 1.54) is 0 Å². The average Bonchev–Trinajstić information content (AvgIpc) is 3.26. The van der Waals surface area contributed by atoms with Crippen molar-refractivity contribution in [2.45, 2.75) is 76.0 Å². The van der Waals surface area contributed by atoms with Crippen LogP contribution in [0.2, 0.25) is 0 Å². The van der Waals surface area contributed by atoms with Gasteiger partial charge in [0.05, 0.1) is 5.56 Å². The van der Waals surface area contributed by atoms with E-state index in [1.54, 1.807) is 24.0 Å². The van der Waals surface area contributed by atoms with E-state index in [9.17, 15) is 32.7 Å². The summed E-state index contributed by atoms with van der Waals surface area (Å²) in [6.45, 7) is 5.87. The Labute approximate surface area is 248 Å². The number of alkyl halides is 3. The van der Waals surface area contributed by atoms with Crippen LogP contribution in [0.3, 0.4) is 0 Å². The summed E-state index contributed by atoms with van der Waals surface area (Å²) in [5.74, 6) is -5.14. The second-order valence-electron chi connectivity index (χ2n) is 11.6. The molecule has 9 nitrogen and oxygen atoms in total. The normalized spacial score (nSPS) is 26.2. The zero-order chi connectivity index (χ0) is 32.3. The Balaban J connectivity index is 0.000000646. The molecule has 0 aromatic heterocycles. The summed E-state index contributed by atoms with van der Waals surface area (Å²) in [4.78, 5) is 50.0. The summed E-state index contributed by atoms with van der Waals surface area (Å²) in [6.07, 6.45) is -1.88. The highest BCUT2D eigenvalue weighted by molar-refractivity contribution is 5.94. The van der Waals surface area contributed by atoms with Crippen molar-refractivity contribution in [3.05, 3.63) is 70.8 Å². The van der Waals surface area contributed by atoms with Gasteiger partial charge in [-0.1, -0.05) is 42.5 Å². The van der Waals surface area contributed by atoms with E-state index >= 15 is 0 Å². The highest BCUT2D eigenvalue weighted by Gasteiger charge is 2.58. The molecule has 0 spiro atoms. The number of amides is 2. The van der Waals surface area contributed by atoms with Gasteiger partial charge in [-0.2, -0.15) is 13.2 Å². The van der Waals surface area contributed by atoms with Gasteiger partial charge in [-0.15, -0.1) is 0 Å². The minimum Gasteiger partial charge on any atom is -0.478 e. The van der Waals surface area contributed by atoms with Crippen LogP contribution in [0.5, 0.6) is 0 Å². The fourth-order valence-corrected chi connectivity index (χ4v) is 6.60. The van der Waals surface area contributed by atoms with Crippen molar-refractivity contribution < 1.29 is 42.6 Å². The summed E-state index contributed by atoms with van der Waals surface area (Å²) in [5, 5.41) is 17.1. The summed E-state index contributed by atoms with van der Waals surface area (Å²) < 4.78 is 31.7. The van der Waals surface area contributed by atoms with Gasteiger partial charge in [-0.3, -0.25) is 9.59 Å². The van der Waals surface area contributed by atoms with E-state index in [0.29, 0.717) is 11.5 Å². The largest absolute Gasteiger partial charge is 0.490 e. The Morgan fingerprint density at radius 2 is 1.53 bits per heavy atom. The predicted molar refractivity (Wildman–Crippen MR) is 152 cm³/mol. The molecule has 6 N–H and O–H groups in total. The Morgan fingerprint density at radius 1 is 0.977 bits per heavy atom. The Bertz CT molecular complexity index is 1340. The average molecular weight is 606 g/mol. The molecule has 1 aliphatic carbocycles. The van der Waals surface area contributed by atoms with Crippen LogP contribution in [-0.2, 0) is 14.4 Å². The first kappa shape index (κ1) is 33.6. The van der Waals surface area contributed by atoms with Crippen molar-refractivity contribution in [1.82, 2.24) is 4.90 Å². The quantitative estimate of drug-likeness (QED) is 0.378. The first-order valence-corrected chi connectivity index (χ1v) is 14.1. The molecular weight excluding hydrogens is 567 g/mol. The number of rotatable bonds is 6. The Morgan fingerprint density at radius 3 is 2.00 bits per heavy atom. The summed E-state index contributed by atoms with van der Waals surface area (Å²) in [6, 6.07) is 14.8. The summed E-state index contributed by atoms with van der Waals surface area (Å²) in [5.41, 5.74) is 13.4. The number of aromatic carboxylic acids is 1. The standard InChI is InChI=1S/C29H37N3O4.C2HF3O2/c1-17-8-7-11-22(27(34)35)24(17)23-16-32(26(33)21-14-12-19(13-15-21)18(2)30)29(3,28(31)36)25(23)20-9-5-4-6-10-20;3-2(4,5)1(6)7/h4-11,18-19,21,23,25H,12-16,30H2,1-3H3,(H2,31,36)(H,34,35);(H,6,7)/t18?,19?,21?,23?,25-,29+;/m1./s1.